The molecular formula is C17H25NO. The molecule has 2 aliphatic rings. The fraction of sp³-hybridized carbons (Fsp3) is 0.647. The highest BCUT2D eigenvalue weighted by molar-refractivity contribution is 5.32. The van der Waals surface area contributed by atoms with Crippen molar-refractivity contribution in [3.05, 3.63) is 35.4 Å². The van der Waals surface area contributed by atoms with Crippen LogP contribution in [-0.2, 0) is 11.2 Å². The Balaban J connectivity index is 1.70. The monoisotopic (exact) mass is 259 g/mol. The summed E-state index contributed by atoms with van der Waals surface area (Å²) in [5, 5.41) is 3.89. The molecule has 1 saturated heterocycles. The predicted octanol–water partition coefficient (Wildman–Crippen LogP) is 3.61. The minimum absolute atomic E-state index is 0.389. The lowest BCUT2D eigenvalue weighted by atomic mass is 9.86. The molecule has 3 rings (SSSR count). The molecule has 3 unspecified atom stereocenters. The summed E-state index contributed by atoms with van der Waals surface area (Å²) >= 11 is 0. The predicted molar refractivity (Wildman–Crippen MR) is 78.3 cm³/mol. The number of benzene rings is 1. The van der Waals surface area contributed by atoms with E-state index in [1.165, 1.54) is 24.8 Å². The van der Waals surface area contributed by atoms with Crippen LogP contribution < -0.4 is 5.32 Å². The molecule has 1 aliphatic heterocycles. The van der Waals surface area contributed by atoms with Gasteiger partial charge in [-0.3, -0.25) is 0 Å². The van der Waals surface area contributed by atoms with Gasteiger partial charge in [0.15, 0.2) is 0 Å². The molecular weight excluding hydrogens is 234 g/mol. The van der Waals surface area contributed by atoms with Crippen molar-refractivity contribution in [1.82, 2.24) is 5.32 Å². The van der Waals surface area contributed by atoms with Crippen molar-refractivity contribution in [3.63, 3.8) is 0 Å². The molecule has 0 amide bonds. The third-order valence-electron chi connectivity index (χ3n) is 4.50. The van der Waals surface area contributed by atoms with Gasteiger partial charge in [0, 0.05) is 12.1 Å². The number of fused-ring (bicyclic) bond motifs is 1. The standard InChI is InChI=1S/C17H25NO/c1-12-10-15(11-13(2)19-12)18-17-9-5-7-14-6-3-4-8-16(14)17/h3-4,6,8,12-13,15,17-18H,5,7,9-11H2,1-2H3. The van der Waals surface area contributed by atoms with E-state index in [-0.39, 0.29) is 0 Å². The molecule has 3 atom stereocenters. The first-order valence-electron chi connectivity index (χ1n) is 7.71. The van der Waals surface area contributed by atoms with Gasteiger partial charge < -0.3 is 10.1 Å². The first-order chi connectivity index (χ1) is 9.22. The highest BCUT2D eigenvalue weighted by Gasteiger charge is 2.28. The third-order valence-corrected chi connectivity index (χ3v) is 4.50. The number of rotatable bonds is 2. The molecule has 19 heavy (non-hydrogen) atoms. The van der Waals surface area contributed by atoms with Crippen molar-refractivity contribution in [2.24, 2.45) is 0 Å². The molecule has 1 aromatic carbocycles. The van der Waals surface area contributed by atoms with Crippen LogP contribution in [0.15, 0.2) is 24.3 Å². The Labute approximate surface area is 116 Å². The van der Waals surface area contributed by atoms with E-state index in [0.29, 0.717) is 24.3 Å². The smallest absolute Gasteiger partial charge is 0.0565 e. The van der Waals surface area contributed by atoms with Crippen molar-refractivity contribution in [2.75, 3.05) is 0 Å². The molecule has 1 aliphatic carbocycles. The van der Waals surface area contributed by atoms with E-state index >= 15 is 0 Å². The van der Waals surface area contributed by atoms with E-state index in [1.54, 1.807) is 5.56 Å². The SMILES string of the molecule is CC1CC(NC2CCCc3ccccc32)CC(C)O1. The van der Waals surface area contributed by atoms with Crippen molar-refractivity contribution >= 4 is 0 Å². The molecule has 2 heteroatoms. The zero-order valence-electron chi connectivity index (χ0n) is 12.1. The molecule has 0 aromatic heterocycles. The highest BCUT2D eigenvalue weighted by Crippen LogP contribution is 2.31. The van der Waals surface area contributed by atoms with Gasteiger partial charge in [-0.1, -0.05) is 24.3 Å². The maximum Gasteiger partial charge on any atom is 0.0565 e. The van der Waals surface area contributed by atoms with Gasteiger partial charge in [0.1, 0.15) is 0 Å². The minimum atomic E-state index is 0.389. The Morgan fingerprint density at radius 2 is 1.84 bits per heavy atom. The molecule has 0 radical (unpaired) electrons. The normalized spacial score (nSPS) is 34.8. The summed E-state index contributed by atoms with van der Waals surface area (Å²) in [7, 11) is 0. The van der Waals surface area contributed by atoms with Crippen LogP contribution >= 0.6 is 0 Å². The van der Waals surface area contributed by atoms with Gasteiger partial charge in [-0.15, -0.1) is 0 Å². The lowest BCUT2D eigenvalue weighted by Crippen LogP contribution is -2.43. The van der Waals surface area contributed by atoms with Crippen LogP contribution in [0.5, 0.6) is 0 Å². The molecule has 0 saturated carbocycles. The van der Waals surface area contributed by atoms with Gasteiger partial charge in [-0.25, -0.2) is 0 Å². The summed E-state index contributed by atoms with van der Waals surface area (Å²) in [6, 6.07) is 10.1. The fourth-order valence-corrected chi connectivity index (χ4v) is 3.75. The van der Waals surface area contributed by atoms with Crippen LogP contribution in [0.25, 0.3) is 0 Å². The number of ether oxygens (including phenoxy) is 1. The van der Waals surface area contributed by atoms with Crippen LogP contribution in [0.2, 0.25) is 0 Å². The van der Waals surface area contributed by atoms with Crippen molar-refractivity contribution in [2.45, 2.75) is 70.2 Å². The first kappa shape index (κ1) is 13.1. The van der Waals surface area contributed by atoms with Gasteiger partial charge >= 0.3 is 0 Å². The molecule has 0 bridgehead atoms. The maximum atomic E-state index is 5.84. The Hall–Kier alpha value is -0.860. The van der Waals surface area contributed by atoms with Crippen molar-refractivity contribution in [1.29, 1.82) is 0 Å². The van der Waals surface area contributed by atoms with E-state index in [9.17, 15) is 0 Å². The third kappa shape index (κ3) is 3.01. The Morgan fingerprint density at radius 3 is 2.63 bits per heavy atom. The van der Waals surface area contributed by atoms with E-state index in [2.05, 4.69) is 43.4 Å². The molecule has 1 N–H and O–H groups in total. The zero-order valence-corrected chi connectivity index (χ0v) is 12.1. The van der Waals surface area contributed by atoms with Crippen LogP contribution in [0.4, 0.5) is 0 Å². The van der Waals surface area contributed by atoms with Gasteiger partial charge in [0.25, 0.3) is 0 Å². The summed E-state index contributed by atoms with van der Waals surface area (Å²) in [5.41, 5.74) is 3.07. The van der Waals surface area contributed by atoms with Gasteiger partial charge in [0.2, 0.25) is 0 Å². The Morgan fingerprint density at radius 1 is 1.11 bits per heavy atom. The Bertz CT molecular complexity index is 421. The maximum absolute atomic E-state index is 5.84. The number of nitrogens with one attached hydrogen (secondary N) is 1. The summed E-state index contributed by atoms with van der Waals surface area (Å²) in [5.74, 6) is 0. The highest BCUT2D eigenvalue weighted by atomic mass is 16.5. The second-order valence-electron chi connectivity index (χ2n) is 6.24. The first-order valence-corrected chi connectivity index (χ1v) is 7.71. The average Bonchev–Trinajstić information content (AvgIpc) is 2.38. The van der Waals surface area contributed by atoms with Crippen molar-refractivity contribution in [3.8, 4) is 0 Å². The second kappa shape index (κ2) is 5.64. The van der Waals surface area contributed by atoms with Crippen molar-refractivity contribution < 1.29 is 4.74 Å². The Kier molecular flexibility index (Phi) is 3.90. The summed E-state index contributed by atoms with van der Waals surface area (Å²) in [6.07, 6.45) is 6.89. The summed E-state index contributed by atoms with van der Waals surface area (Å²) in [4.78, 5) is 0. The van der Waals surface area contributed by atoms with Crippen LogP contribution in [0.3, 0.4) is 0 Å². The van der Waals surface area contributed by atoms with E-state index in [4.69, 9.17) is 4.74 Å². The zero-order chi connectivity index (χ0) is 13.2. The molecule has 1 fully saturated rings. The van der Waals surface area contributed by atoms with E-state index < -0.39 is 0 Å². The summed E-state index contributed by atoms with van der Waals surface area (Å²) < 4.78 is 5.84. The van der Waals surface area contributed by atoms with Gasteiger partial charge in [-0.05, 0) is 57.1 Å². The average molecular weight is 259 g/mol. The molecule has 104 valence electrons. The lowest BCUT2D eigenvalue weighted by molar-refractivity contribution is -0.0438. The largest absolute Gasteiger partial charge is 0.375 e. The van der Waals surface area contributed by atoms with E-state index in [0.717, 1.165) is 12.8 Å². The van der Waals surface area contributed by atoms with Gasteiger partial charge in [-0.2, -0.15) is 0 Å². The fourth-order valence-electron chi connectivity index (χ4n) is 3.75. The second-order valence-corrected chi connectivity index (χ2v) is 6.24. The molecule has 0 spiro atoms. The number of hydrogen-bond donors (Lipinski definition) is 1. The van der Waals surface area contributed by atoms with Crippen LogP contribution in [0, 0.1) is 0 Å². The van der Waals surface area contributed by atoms with Gasteiger partial charge in [0.05, 0.1) is 12.2 Å². The van der Waals surface area contributed by atoms with Crippen LogP contribution in [0.1, 0.15) is 56.7 Å². The van der Waals surface area contributed by atoms with E-state index in [1.807, 2.05) is 0 Å². The minimum Gasteiger partial charge on any atom is -0.375 e. The van der Waals surface area contributed by atoms with Crippen LogP contribution in [-0.4, -0.2) is 18.2 Å². The lowest BCUT2D eigenvalue weighted by Gasteiger charge is -2.36. The quantitative estimate of drug-likeness (QED) is 0.876. The summed E-state index contributed by atoms with van der Waals surface area (Å²) in [6.45, 7) is 4.39. The topological polar surface area (TPSA) is 21.3 Å². The number of hydrogen-bond acceptors (Lipinski definition) is 2. The number of aryl methyl sites for hydroxylation is 1. The molecule has 2 nitrogen and oxygen atoms in total. The molecule has 1 heterocycles. The molecule has 1 aromatic rings.